The fourth-order valence-corrected chi connectivity index (χ4v) is 12.7. The molecule has 168 valence electrons. The third-order valence-electron chi connectivity index (χ3n) is 7.05. The van der Waals surface area contributed by atoms with Crippen LogP contribution in [0.5, 0.6) is 0 Å². The predicted octanol–water partition coefficient (Wildman–Crippen LogP) is 8.00. The third-order valence-corrected chi connectivity index (χ3v) is 11.1. The summed E-state index contributed by atoms with van der Waals surface area (Å²) in [5.74, 6) is 0. The van der Waals surface area contributed by atoms with Gasteiger partial charge in [-0.1, -0.05) is 90.1 Å². The molecule has 0 saturated heterocycles. The van der Waals surface area contributed by atoms with Gasteiger partial charge in [-0.25, -0.2) is 0 Å². The van der Waals surface area contributed by atoms with E-state index >= 15 is 0 Å². The number of benzene rings is 2. The summed E-state index contributed by atoms with van der Waals surface area (Å²) in [4.78, 5) is 0. The Kier molecular flexibility index (Phi) is 6.85. The van der Waals surface area contributed by atoms with Crippen LogP contribution in [0.4, 0.5) is 0 Å². The van der Waals surface area contributed by atoms with Crippen molar-refractivity contribution in [2.75, 3.05) is 0 Å². The van der Waals surface area contributed by atoms with Crippen molar-refractivity contribution < 1.29 is 26.2 Å². The Bertz CT molecular complexity index is 1040. The number of fused-ring (bicyclic) bond motifs is 2. The van der Waals surface area contributed by atoms with Crippen LogP contribution in [0.3, 0.4) is 0 Å². The Balaban J connectivity index is 0.00000289. The minimum Gasteiger partial charge on any atom is -0.114 e. The number of hydrogen-bond acceptors (Lipinski definition) is 0. The second kappa shape index (κ2) is 8.37. The molecule has 0 radical (unpaired) electrons. The van der Waals surface area contributed by atoms with Gasteiger partial charge in [0.1, 0.15) is 0 Å². The zero-order valence-corrected chi connectivity index (χ0v) is 26.0. The van der Waals surface area contributed by atoms with Crippen molar-refractivity contribution >= 4 is 43.9 Å². The van der Waals surface area contributed by atoms with Crippen LogP contribution in [-0.2, 0) is 35.2 Å². The van der Waals surface area contributed by atoms with Gasteiger partial charge in [-0.05, 0) is 69.2 Å². The summed E-state index contributed by atoms with van der Waals surface area (Å²) < 4.78 is -1.04. The van der Waals surface area contributed by atoms with E-state index in [-0.39, 0.29) is 37.0 Å². The summed E-state index contributed by atoms with van der Waals surface area (Å²) in [6.45, 7) is 18.2. The quantitative estimate of drug-likeness (QED) is 0.258. The molecule has 0 N–H and O–H groups in total. The Labute approximate surface area is 225 Å². The molecule has 4 rings (SSSR count). The van der Waals surface area contributed by atoms with Crippen LogP contribution in [0.2, 0.25) is 0 Å². The maximum absolute atomic E-state index is 7.84. The molecule has 0 bridgehead atoms. The SMILES string of the molecule is CC1=C(C(C)(C)C)C(Cl)([SiH2]C2(Cl)C(C(C)(C)C)=C(C)c3ccccc32)c2ccccc21.[Zr]. The molecule has 2 aliphatic rings. The molecule has 0 aliphatic heterocycles. The minimum absolute atomic E-state index is 0. The van der Waals surface area contributed by atoms with Gasteiger partial charge in [-0.3, -0.25) is 0 Å². The maximum atomic E-state index is 7.84. The van der Waals surface area contributed by atoms with E-state index < -0.39 is 18.5 Å². The number of hydrogen-bond donors (Lipinski definition) is 0. The van der Waals surface area contributed by atoms with Gasteiger partial charge in [0.05, 0.1) is 18.5 Å². The second-order valence-corrected chi connectivity index (χ2v) is 16.0. The van der Waals surface area contributed by atoms with Crippen molar-refractivity contribution in [2.45, 2.75) is 64.4 Å². The molecule has 4 heteroatoms. The van der Waals surface area contributed by atoms with Crippen molar-refractivity contribution in [1.29, 1.82) is 0 Å². The van der Waals surface area contributed by atoms with Gasteiger partial charge in [0, 0.05) is 26.2 Å². The first-order valence-corrected chi connectivity index (χ1v) is 13.4. The molecule has 0 fully saturated rings. The standard InChI is InChI=1S/C28H34Cl2Si.Zr/c1-17-19-13-9-11-15-21(19)27(29,23(17)25(3,4)5)31-28(30)22-16-12-10-14-20(22)18(2)24(28)26(6,7)8;/h9-16H,31H2,1-8H3;. The molecule has 0 heterocycles. The van der Waals surface area contributed by atoms with Crippen LogP contribution >= 0.6 is 23.2 Å². The monoisotopic (exact) mass is 558 g/mol. The largest absolute Gasteiger partial charge is 0.114 e. The molecule has 2 unspecified atom stereocenters. The molecule has 0 nitrogen and oxygen atoms in total. The van der Waals surface area contributed by atoms with E-state index in [1.54, 1.807) is 0 Å². The molecule has 0 amide bonds. The summed E-state index contributed by atoms with van der Waals surface area (Å²) in [6, 6.07) is 17.4. The zero-order valence-electron chi connectivity index (χ0n) is 20.6. The van der Waals surface area contributed by atoms with Gasteiger partial charge in [0.15, 0.2) is 0 Å². The summed E-state index contributed by atoms with van der Waals surface area (Å²) in [5, 5.41) is 0. The fraction of sp³-hybridized carbons (Fsp3) is 0.429. The van der Waals surface area contributed by atoms with Gasteiger partial charge >= 0.3 is 0 Å². The van der Waals surface area contributed by atoms with Crippen LogP contribution in [0.1, 0.15) is 77.6 Å². The van der Waals surface area contributed by atoms with Crippen molar-refractivity contribution in [3.8, 4) is 0 Å². The van der Waals surface area contributed by atoms with Crippen molar-refractivity contribution in [2.24, 2.45) is 10.8 Å². The number of allylic oxidation sites excluding steroid dienone is 4. The van der Waals surface area contributed by atoms with Gasteiger partial charge in [0.25, 0.3) is 0 Å². The van der Waals surface area contributed by atoms with Gasteiger partial charge < -0.3 is 0 Å². The van der Waals surface area contributed by atoms with E-state index in [4.69, 9.17) is 23.2 Å². The number of rotatable bonds is 2. The summed E-state index contributed by atoms with van der Waals surface area (Å²) in [5.41, 5.74) is 10.4. The first kappa shape index (κ1) is 26.2. The molecule has 0 spiro atoms. The third kappa shape index (κ3) is 3.82. The average Bonchev–Trinajstić information content (AvgIpc) is 3.01. The van der Waals surface area contributed by atoms with Crippen LogP contribution in [0, 0.1) is 10.8 Å². The maximum Gasteiger partial charge on any atom is 0.0924 e. The Hall–Kier alpha value is -0.400. The van der Waals surface area contributed by atoms with E-state index in [1.807, 2.05) is 0 Å². The predicted molar refractivity (Wildman–Crippen MR) is 141 cm³/mol. The average molecular weight is 561 g/mol. The van der Waals surface area contributed by atoms with Gasteiger partial charge in [-0.15, -0.1) is 23.2 Å². The Morgan fingerprint density at radius 1 is 0.625 bits per heavy atom. The zero-order chi connectivity index (χ0) is 23.0. The van der Waals surface area contributed by atoms with E-state index in [1.165, 1.54) is 44.5 Å². The molecule has 32 heavy (non-hydrogen) atoms. The fourth-order valence-electron chi connectivity index (χ4n) is 6.46. The molecule has 0 saturated carbocycles. The summed E-state index contributed by atoms with van der Waals surface area (Å²) in [7, 11) is -1.15. The number of halogens is 2. The van der Waals surface area contributed by atoms with E-state index in [9.17, 15) is 0 Å². The van der Waals surface area contributed by atoms with Crippen molar-refractivity contribution in [3.63, 3.8) is 0 Å². The summed E-state index contributed by atoms with van der Waals surface area (Å²) >= 11 is 15.7. The topological polar surface area (TPSA) is 0 Å². The minimum atomic E-state index is -1.15. The van der Waals surface area contributed by atoms with Crippen LogP contribution in [0.15, 0.2) is 59.7 Å². The van der Waals surface area contributed by atoms with Gasteiger partial charge in [-0.2, -0.15) is 0 Å². The second-order valence-electron chi connectivity index (χ2n) is 11.4. The normalized spacial score (nSPS) is 25.4. The summed E-state index contributed by atoms with van der Waals surface area (Å²) in [6.07, 6.45) is 0. The van der Waals surface area contributed by atoms with E-state index in [2.05, 4.69) is 104 Å². The molecular weight excluding hydrogens is 527 g/mol. The van der Waals surface area contributed by atoms with Crippen molar-refractivity contribution in [3.05, 3.63) is 81.9 Å². The first-order chi connectivity index (χ1) is 14.2. The molecule has 2 aliphatic carbocycles. The molecule has 2 aromatic rings. The first-order valence-electron chi connectivity index (χ1n) is 11.2. The smallest absolute Gasteiger partial charge is 0.0924 e. The Morgan fingerprint density at radius 2 is 0.938 bits per heavy atom. The van der Waals surface area contributed by atoms with Crippen LogP contribution < -0.4 is 0 Å². The molecule has 2 atom stereocenters. The van der Waals surface area contributed by atoms with Crippen molar-refractivity contribution in [1.82, 2.24) is 0 Å². The molecular formula is C28H34Cl2SiZr. The van der Waals surface area contributed by atoms with E-state index in [0.717, 1.165) is 0 Å². The molecule has 2 aromatic carbocycles. The Morgan fingerprint density at radius 3 is 1.25 bits per heavy atom. The number of alkyl halides is 2. The van der Waals surface area contributed by atoms with Crippen LogP contribution in [-0.4, -0.2) is 9.52 Å². The molecule has 0 aromatic heterocycles. The van der Waals surface area contributed by atoms with Crippen LogP contribution in [0.25, 0.3) is 11.1 Å². The van der Waals surface area contributed by atoms with E-state index in [0.29, 0.717) is 0 Å². The van der Waals surface area contributed by atoms with Gasteiger partial charge in [0.2, 0.25) is 0 Å².